The highest BCUT2D eigenvalue weighted by Crippen LogP contribution is 2.04. The highest BCUT2D eigenvalue weighted by atomic mass is 16.4. The summed E-state index contributed by atoms with van der Waals surface area (Å²) in [6, 6.07) is 9.38. The van der Waals surface area contributed by atoms with Crippen LogP contribution in [0.2, 0.25) is 0 Å². The lowest BCUT2D eigenvalue weighted by atomic mass is 10.1. The van der Waals surface area contributed by atoms with Crippen LogP contribution in [0.4, 0.5) is 4.79 Å². The summed E-state index contributed by atoms with van der Waals surface area (Å²) in [6.45, 7) is 4.62. The highest BCUT2D eigenvalue weighted by Gasteiger charge is 2.20. The van der Waals surface area contributed by atoms with Crippen molar-refractivity contribution in [2.75, 3.05) is 13.1 Å². The molecule has 5 heteroatoms. The van der Waals surface area contributed by atoms with Crippen molar-refractivity contribution in [3.05, 3.63) is 35.9 Å². The quantitative estimate of drug-likeness (QED) is 0.802. The molecule has 0 aliphatic carbocycles. The number of carbonyl (C=O) groups is 2. The number of benzene rings is 1. The molecular formula is C15H22N2O3. The third-order valence-corrected chi connectivity index (χ3v) is 3.14. The number of aliphatic carboxylic acids is 1. The van der Waals surface area contributed by atoms with Crippen LogP contribution in [0.5, 0.6) is 0 Å². The molecule has 1 aromatic rings. The Bertz CT molecular complexity index is 434. The smallest absolute Gasteiger partial charge is 0.317 e. The highest BCUT2D eigenvalue weighted by molar-refractivity contribution is 5.75. The number of nitrogens with zero attached hydrogens (tertiary/aromatic N) is 1. The van der Waals surface area contributed by atoms with Crippen molar-refractivity contribution in [1.29, 1.82) is 0 Å². The second-order valence-corrected chi connectivity index (χ2v) is 4.70. The van der Waals surface area contributed by atoms with Crippen molar-refractivity contribution in [2.45, 2.75) is 32.7 Å². The number of urea groups is 1. The van der Waals surface area contributed by atoms with E-state index in [0.717, 1.165) is 12.0 Å². The number of carboxylic acid groups (broad SMARTS) is 1. The predicted octanol–water partition coefficient (Wildman–Crippen LogP) is 2.12. The van der Waals surface area contributed by atoms with Crippen LogP contribution in [-0.2, 0) is 11.2 Å². The van der Waals surface area contributed by atoms with Gasteiger partial charge in [0.1, 0.15) is 0 Å². The zero-order valence-corrected chi connectivity index (χ0v) is 12.0. The second-order valence-electron chi connectivity index (χ2n) is 4.70. The number of rotatable bonds is 7. The average molecular weight is 278 g/mol. The van der Waals surface area contributed by atoms with Crippen molar-refractivity contribution in [3.8, 4) is 0 Å². The van der Waals surface area contributed by atoms with E-state index < -0.39 is 5.97 Å². The Morgan fingerprint density at radius 2 is 1.95 bits per heavy atom. The van der Waals surface area contributed by atoms with Gasteiger partial charge < -0.3 is 15.3 Å². The molecule has 0 aliphatic rings. The summed E-state index contributed by atoms with van der Waals surface area (Å²) >= 11 is 0. The Morgan fingerprint density at radius 1 is 1.30 bits per heavy atom. The van der Waals surface area contributed by atoms with E-state index in [1.54, 1.807) is 11.8 Å². The number of carboxylic acids is 1. The first-order valence-corrected chi connectivity index (χ1v) is 6.84. The van der Waals surface area contributed by atoms with Gasteiger partial charge in [0.2, 0.25) is 0 Å². The minimum absolute atomic E-state index is 0.0417. The van der Waals surface area contributed by atoms with Crippen molar-refractivity contribution in [2.24, 2.45) is 0 Å². The molecule has 0 fully saturated rings. The van der Waals surface area contributed by atoms with E-state index in [1.807, 2.05) is 37.3 Å². The number of hydrogen-bond acceptors (Lipinski definition) is 2. The number of hydrogen-bond donors (Lipinski definition) is 2. The molecule has 2 amide bonds. The fourth-order valence-electron chi connectivity index (χ4n) is 2.08. The molecule has 0 spiro atoms. The minimum atomic E-state index is -0.895. The molecule has 0 bridgehead atoms. The van der Waals surface area contributed by atoms with Gasteiger partial charge in [-0.3, -0.25) is 4.79 Å². The van der Waals surface area contributed by atoms with Crippen LogP contribution in [0.1, 0.15) is 25.8 Å². The summed E-state index contributed by atoms with van der Waals surface area (Å²) in [5.74, 6) is -0.895. The van der Waals surface area contributed by atoms with E-state index in [2.05, 4.69) is 5.32 Å². The summed E-state index contributed by atoms with van der Waals surface area (Å²) < 4.78 is 0. The van der Waals surface area contributed by atoms with Crippen LogP contribution in [0.25, 0.3) is 0 Å². The van der Waals surface area contributed by atoms with E-state index in [0.29, 0.717) is 13.1 Å². The van der Waals surface area contributed by atoms with Gasteiger partial charge in [-0.1, -0.05) is 30.3 Å². The third kappa shape index (κ3) is 5.30. The monoisotopic (exact) mass is 278 g/mol. The fourth-order valence-corrected chi connectivity index (χ4v) is 2.08. The Kier molecular flexibility index (Phi) is 6.56. The van der Waals surface area contributed by atoms with Gasteiger partial charge in [0.25, 0.3) is 0 Å². The summed E-state index contributed by atoms with van der Waals surface area (Å²) in [5, 5.41) is 11.6. The molecule has 0 radical (unpaired) electrons. The van der Waals surface area contributed by atoms with Crippen molar-refractivity contribution >= 4 is 12.0 Å². The molecule has 2 N–H and O–H groups in total. The maximum absolute atomic E-state index is 12.0. The number of carbonyl (C=O) groups excluding carboxylic acids is 1. The number of amides is 2. The first kappa shape index (κ1) is 16.0. The van der Waals surface area contributed by atoms with Crippen LogP contribution in [0, 0.1) is 0 Å². The first-order chi connectivity index (χ1) is 9.54. The largest absolute Gasteiger partial charge is 0.481 e. The van der Waals surface area contributed by atoms with Gasteiger partial charge >= 0.3 is 12.0 Å². The summed E-state index contributed by atoms with van der Waals surface area (Å²) in [6.07, 6.45) is 0.720. The molecule has 1 aromatic carbocycles. The van der Waals surface area contributed by atoms with Crippen molar-refractivity contribution in [3.63, 3.8) is 0 Å². The van der Waals surface area contributed by atoms with Gasteiger partial charge in [0.15, 0.2) is 0 Å². The lowest BCUT2D eigenvalue weighted by Crippen LogP contribution is -2.46. The lowest BCUT2D eigenvalue weighted by molar-refractivity contribution is -0.138. The first-order valence-electron chi connectivity index (χ1n) is 6.84. The normalized spacial score (nSPS) is 11.7. The van der Waals surface area contributed by atoms with Gasteiger partial charge in [0.05, 0.1) is 6.42 Å². The average Bonchev–Trinajstić information content (AvgIpc) is 2.40. The van der Waals surface area contributed by atoms with Crippen LogP contribution in [-0.4, -0.2) is 41.1 Å². The van der Waals surface area contributed by atoms with Crippen molar-refractivity contribution < 1.29 is 14.7 Å². The number of nitrogens with one attached hydrogen (secondary N) is 1. The Morgan fingerprint density at radius 3 is 2.50 bits per heavy atom. The Labute approximate surface area is 119 Å². The standard InChI is InChI=1S/C15H22N2O3/c1-3-17(12(2)11-14(18)19)15(20)16-10-9-13-7-5-4-6-8-13/h4-8,12H,3,9-11H2,1-2H3,(H,16,20)(H,18,19). The lowest BCUT2D eigenvalue weighted by Gasteiger charge is -2.27. The van der Waals surface area contributed by atoms with E-state index in [4.69, 9.17) is 5.11 Å². The molecule has 1 rings (SSSR count). The molecule has 5 nitrogen and oxygen atoms in total. The van der Waals surface area contributed by atoms with Gasteiger partial charge in [0, 0.05) is 19.1 Å². The maximum atomic E-state index is 12.0. The molecule has 20 heavy (non-hydrogen) atoms. The predicted molar refractivity (Wildman–Crippen MR) is 77.6 cm³/mol. The van der Waals surface area contributed by atoms with Gasteiger partial charge in [-0.15, -0.1) is 0 Å². The third-order valence-electron chi connectivity index (χ3n) is 3.14. The topological polar surface area (TPSA) is 69.6 Å². The molecule has 1 unspecified atom stereocenters. The molecule has 0 saturated heterocycles. The molecule has 0 aliphatic heterocycles. The van der Waals surface area contributed by atoms with Crippen LogP contribution < -0.4 is 5.32 Å². The van der Waals surface area contributed by atoms with Gasteiger partial charge in [-0.2, -0.15) is 0 Å². The zero-order chi connectivity index (χ0) is 15.0. The molecule has 1 atom stereocenters. The Hall–Kier alpha value is -2.04. The Balaban J connectivity index is 2.41. The van der Waals surface area contributed by atoms with E-state index in [1.165, 1.54) is 0 Å². The van der Waals surface area contributed by atoms with E-state index in [-0.39, 0.29) is 18.5 Å². The van der Waals surface area contributed by atoms with Crippen LogP contribution in [0.15, 0.2) is 30.3 Å². The zero-order valence-electron chi connectivity index (χ0n) is 12.0. The summed E-state index contributed by atoms with van der Waals surface area (Å²) in [5.41, 5.74) is 1.16. The van der Waals surface area contributed by atoms with Crippen molar-refractivity contribution in [1.82, 2.24) is 10.2 Å². The van der Waals surface area contributed by atoms with E-state index >= 15 is 0 Å². The molecule has 0 aromatic heterocycles. The second kappa shape index (κ2) is 8.19. The van der Waals surface area contributed by atoms with Crippen LogP contribution in [0.3, 0.4) is 0 Å². The van der Waals surface area contributed by atoms with E-state index in [9.17, 15) is 9.59 Å². The summed E-state index contributed by atoms with van der Waals surface area (Å²) in [7, 11) is 0. The summed E-state index contributed by atoms with van der Waals surface area (Å²) in [4.78, 5) is 24.2. The van der Waals surface area contributed by atoms with Crippen LogP contribution >= 0.6 is 0 Å². The SMILES string of the molecule is CCN(C(=O)NCCc1ccccc1)C(C)CC(=O)O. The van der Waals surface area contributed by atoms with Gasteiger partial charge in [-0.25, -0.2) is 4.79 Å². The van der Waals surface area contributed by atoms with Gasteiger partial charge in [-0.05, 0) is 25.8 Å². The fraction of sp³-hybridized carbons (Fsp3) is 0.467. The molecular weight excluding hydrogens is 256 g/mol. The minimum Gasteiger partial charge on any atom is -0.481 e. The molecule has 0 saturated carbocycles. The molecule has 110 valence electrons. The molecule has 0 heterocycles. The maximum Gasteiger partial charge on any atom is 0.317 e.